The topological polar surface area (TPSA) is 80.9 Å². The molecule has 1 heterocycles. The Morgan fingerprint density at radius 1 is 1.39 bits per heavy atom. The Morgan fingerprint density at radius 3 is 2.83 bits per heavy atom. The Morgan fingerprint density at radius 2 is 2.17 bits per heavy atom. The predicted molar refractivity (Wildman–Crippen MR) is 70.6 cm³/mol. The molecule has 18 heavy (non-hydrogen) atoms. The van der Waals surface area contributed by atoms with Crippen LogP contribution < -0.4 is 11.1 Å². The smallest absolute Gasteiger partial charge is 0.257 e. The third-order valence-electron chi connectivity index (χ3n) is 2.44. The van der Waals surface area contributed by atoms with Crippen LogP contribution in [-0.2, 0) is 0 Å². The van der Waals surface area contributed by atoms with Crippen LogP contribution >= 0.6 is 11.6 Å². The number of hydrogen-bond donors (Lipinski definition) is 2. The van der Waals surface area contributed by atoms with Crippen LogP contribution in [0.2, 0.25) is 5.02 Å². The summed E-state index contributed by atoms with van der Waals surface area (Å²) >= 11 is 5.92. The van der Waals surface area contributed by atoms with Crippen molar-refractivity contribution >= 4 is 28.9 Å². The highest BCUT2D eigenvalue weighted by Gasteiger charge is 2.09. The summed E-state index contributed by atoms with van der Waals surface area (Å²) in [4.78, 5) is 11.9. The lowest BCUT2D eigenvalue weighted by Crippen LogP contribution is -2.13. The van der Waals surface area contributed by atoms with E-state index >= 15 is 0 Å². The van der Waals surface area contributed by atoms with E-state index in [-0.39, 0.29) is 5.91 Å². The summed E-state index contributed by atoms with van der Waals surface area (Å²) in [6.45, 7) is 1.84. The van der Waals surface area contributed by atoms with Crippen LogP contribution in [0.1, 0.15) is 15.9 Å². The number of nitrogens with zero attached hydrogens (tertiary/aromatic N) is 2. The van der Waals surface area contributed by atoms with E-state index < -0.39 is 0 Å². The lowest BCUT2D eigenvalue weighted by Gasteiger charge is -2.10. The van der Waals surface area contributed by atoms with Crippen LogP contribution in [0.15, 0.2) is 30.6 Å². The molecule has 92 valence electrons. The number of halogens is 1. The van der Waals surface area contributed by atoms with Crippen molar-refractivity contribution in [2.24, 2.45) is 0 Å². The van der Waals surface area contributed by atoms with Gasteiger partial charge in [-0.05, 0) is 30.7 Å². The fourth-order valence-corrected chi connectivity index (χ4v) is 1.62. The van der Waals surface area contributed by atoms with Crippen LogP contribution in [-0.4, -0.2) is 16.1 Å². The van der Waals surface area contributed by atoms with E-state index in [4.69, 9.17) is 17.3 Å². The number of nitrogen functional groups attached to an aromatic ring is 1. The average Bonchev–Trinajstić information content (AvgIpc) is 2.37. The number of rotatable bonds is 2. The Bertz CT molecular complexity index is 586. The molecular weight excluding hydrogens is 252 g/mol. The summed E-state index contributed by atoms with van der Waals surface area (Å²) in [7, 11) is 0. The average molecular weight is 263 g/mol. The molecule has 0 aliphatic heterocycles. The van der Waals surface area contributed by atoms with Gasteiger partial charge < -0.3 is 11.1 Å². The van der Waals surface area contributed by atoms with Gasteiger partial charge in [-0.3, -0.25) is 4.79 Å². The highest BCUT2D eigenvalue weighted by molar-refractivity contribution is 6.33. The van der Waals surface area contributed by atoms with Crippen molar-refractivity contribution < 1.29 is 4.79 Å². The molecule has 0 atom stereocenters. The summed E-state index contributed by atoms with van der Waals surface area (Å²) in [5.41, 5.74) is 8.04. The van der Waals surface area contributed by atoms with Crippen molar-refractivity contribution in [2.75, 3.05) is 11.1 Å². The Kier molecular flexibility index (Phi) is 3.43. The van der Waals surface area contributed by atoms with Gasteiger partial charge in [-0.1, -0.05) is 11.6 Å². The molecule has 0 radical (unpaired) electrons. The molecule has 0 fully saturated rings. The van der Waals surface area contributed by atoms with Crippen molar-refractivity contribution in [2.45, 2.75) is 6.92 Å². The molecule has 0 aliphatic carbocycles. The van der Waals surface area contributed by atoms with Crippen LogP contribution in [0.25, 0.3) is 0 Å². The molecule has 5 nitrogen and oxygen atoms in total. The Hall–Kier alpha value is -2.14. The number of nitrogens with two attached hydrogens (primary N) is 1. The monoisotopic (exact) mass is 262 g/mol. The number of benzene rings is 1. The Labute approximate surface area is 109 Å². The lowest BCUT2D eigenvalue weighted by molar-refractivity contribution is 0.102. The van der Waals surface area contributed by atoms with Crippen LogP contribution in [0, 0.1) is 6.92 Å². The molecule has 0 saturated carbocycles. The third kappa shape index (κ3) is 2.57. The second kappa shape index (κ2) is 5.01. The van der Waals surface area contributed by atoms with Crippen LogP contribution in [0.3, 0.4) is 0 Å². The van der Waals surface area contributed by atoms with Gasteiger partial charge in [0.2, 0.25) is 0 Å². The van der Waals surface area contributed by atoms with Gasteiger partial charge in [-0.25, -0.2) is 0 Å². The van der Waals surface area contributed by atoms with E-state index in [2.05, 4.69) is 15.5 Å². The molecule has 1 amide bonds. The zero-order valence-electron chi connectivity index (χ0n) is 9.64. The highest BCUT2D eigenvalue weighted by atomic mass is 35.5. The second-order valence-corrected chi connectivity index (χ2v) is 4.18. The summed E-state index contributed by atoms with van der Waals surface area (Å²) in [6, 6.07) is 4.91. The maximum absolute atomic E-state index is 11.9. The molecule has 0 saturated heterocycles. The SMILES string of the molecule is Cc1cc(N)c(Cl)cc1NC(=O)c1ccnnc1. The number of aryl methyl sites for hydroxylation is 1. The van der Waals surface area contributed by atoms with Crippen molar-refractivity contribution in [1.29, 1.82) is 0 Å². The first-order valence-corrected chi connectivity index (χ1v) is 5.59. The number of carbonyl (C=O) groups is 1. The molecule has 1 aromatic carbocycles. The molecular formula is C12H11ClN4O. The van der Waals surface area contributed by atoms with Crippen molar-refractivity contribution in [1.82, 2.24) is 10.2 Å². The molecule has 1 aromatic heterocycles. The fourth-order valence-electron chi connectivity index (χ4n) is 1.46. The van der Waals surface area contributed by atoms with Gasteiger partial charge in [-0.15, -0.1) is 0 Å². The summed E-state index contributed by atoms with van der Waals surface area (Å²) in [5.74, 6) is -0.270. The van der Waals surface area contributed by atoms with Gasteiger partial charge in [0, 0.05) is 5.69 Å². The molecule has 0 spiro atoms. The summed E-state index contributed by atoms with van der Waals surface area (Å²) in [6.07, 6.45) is 2.85. The number of hydrogen-bond acceptors (Lipinski definition) is 4. The molecule has 0 unspecified atom stereocenters. The van der Waals surface area contributed by atoms with Crippen molar-refractivity contribution in [3.63, 3.8) is 0 Å². The first-order chi connectivity index (χ1) is 8.58. The number of anilines is 2. The van der Waals surface area contributed by atoms with E-state index in [1.165, 1.54) is 12.4 Å². The number of carbonyl (C=O) groups excluding carboxylic acids is 1. The molecule has 0 aliphatic rings. The largest absolute Gasteiger partial charge is 0.398 e. The van der Waals surface area contributed by atoms with E-state index in [1.807, 2.05) is 6.92 Å². The van der Waals surface area contributed by atoms with Gasteiger partial charge in [0.1, 0.15) is 0 Å². The van der Waals surface area contributed by atoms with E-state index in [9.17, 15) is 4.79 Å². The molecule has 0 bridgehead atoms. The third-order valence-corrected chi connectivity index (χ3v) is 2.77. The zero-order chi connectivity index (χ0) is 13.1. The first-order valence-electron chi connectivity index (χ1n) is 5.21. The van der Waals surface area contributed by atoms with Gasteiger partial charge in [-0.2, -0.15) is 10.2 Å². The Balaban J connectivity index is 2.25. The maximum atomic E-state index is 11.9. The normalized spacial score (nSPS) is 10.1. The lowest BCUT2D eigenvalue weighted by atomic mass is 10.1. The number of aromatic nitrogens is 2. The van der Waals surface area contributed by atoms with Crippen molar-refractivity contribution in [3.05, 3.63) is 46.7 Å². The number of amides is 1. The second-order valence-electron chi connectivity index (χ2n) is 3.77. The zero-order valence-corrected chi connectivity index (χ0v) is 10.4. The summed E-state index contributed by atoms with van der Waals surface area (Å²) in [5, 5.41) is 10.4. The van der Waals surface area contributed by atoms with Crippen LogP contribution in [0.4, 0.5) is 11.4 Å². The van der Waals surface area contributed by atoms with E-state index in [1.54, 1.807) is 18.2 Å². The molecule has 3 N–H and O–H groups in total. The summed E-state index contributed by atoms with van der Waals surface area (Å²) < 4.78 is 0. The van der Waals surface area contributed by atoms with Crippen LogP contribution in [0.5, 0.6) is 0 Å². The van der Waals surface area contributed by atoms with Gasteiger partial charge in [0.15, 0.2) is 0 Å². The fraction of sp³-hybridized carbons (Fsp3) is 0.0833. The minimum absolute atomic E-state index is 0.270. The van der Waals surface area contributed by atoms with Gasteiger partial charge >= 0.3 is 0 Å². The predicted octanol–water partition coefficient (Wildman–Crippen LogP) is 2.27. The molecule has 2 rings (SSSR count). The standard InChI is InChI=1S/C12H11ClN4O/c1-7-4-10(14)9(13)5-11(7)17-12(18)8-2-3-15-16-6-8/h2-6H,14H2,1H3,(H,17,18). The van der Waals surface area contributed by atoms with E-state index in [0.29, 0.717) is 22.0 Å². The van der Waals surface area contributed by atoms with Crippen molar-refractivity contribution in [3.8, 4) is 0 Å². The highest BCUT2D eigenvalue weighted by Crippen LogP contribution is 2.26. The molecule has 6 heteroatoms. The maximum Gasteiger partial charge on any atom is 0.257 e. The van der Waals surface area contributed by atoms with Gasteiger partial charge in [0.05, 0.1) is 28.7 Å². The first kappa shape index (κ1) is 12.3. The number of nitrogens with one attached hydrogen (secondary N) is 1. The van der Waals surface area contributed by atoms with E-state index in [0.717, 1.165) is 5.56 Å². The van der Waals surface area contributed by atoms with Gasteiger partial charge in [0.25, 0.3) is 5.91 Å². The molecule has 2 aromatic rings. The minimum atomic E-state index is -0.270. The quantitative estimate of drug-likeness (QED) is 0.814. The minimum Gasteiger partial charge on any atom is -0.398 e.